The number of aromatic hydroxyl groups is 1. The van der Waals surface area contributed by atoms with Crippen molar-refractivity contribution in [2.75, 3.05) is 0 Å². The van der Waals surface area contributed by atoms with E-state index in [2.05, 4.69) is 10.2 Å². The first kappa shape index (κ1) is 14.6. The number of hydrogen-bond acceptors (Lipinski definition) is 6. The molecule has 0 aliphatic carbocycles. The Hall–Kier alpha value is -3.28. The summed E-state index contributed by atoms with van der Waals surface area (Å²) >= 11 is 0. The summed E-state index contributed by atoms with van der Waals surface area (Å²) < 4.78 is 5.10. The largest absolute Gasteiger partial charge is 0.505 e. The lowest BCUT2D eigenvalue weighted by molar-refractivity contribution is 0.101. The molecule has 23 heavy (non-hydrogen) atoms. The van der Waals surface area contributed by atoms with E-state index in [4.69, 9.17) is 4.42 Å². The maximum atomic E-state index is 11.9. The van der Waals surface area contributed by atoms with Crippen LogP contribution in [-0.2, 0) is 0 Å². The zero-order valence-corrected chi connectivity index (χ0v) is 12.2. The van der Waals surface area contributed by atoms with Crippen LogP contribution in [0.25, 0.3) is 11.0 Å². The topological polar surface area (TPSA) is 92.2 Å². The molecule has 0 unspecified atom stereocenters. The summed E-state index contributed by atoms with van der Waals surface area (Å²) in [6, 6.07) is 13.0. The molecule has 0 aliphatic rings. The molecule has 114 valence electrons. The Morgan fingerprint density at radius 3 is 2.43 bits per heavy atom. The number of benzene rings is 2. The Labute approximate surface area is 130 Å². The van der Waals surface area contributed by atoms with Gasteiger partial charge in [-0.2, -0.15) is 5.11 Å². The van der Waals surface area contributed by atoms with Crippen LogP contribution in [0.4, 0.5) is 11.4 Å². The van der Waals surface area contributed by atoms with Gasteiger partial charge in [0, 0.05) is 5.56 Å². The predicted octanol–water partition coefficient (Wildman–Crippen LogP) is 4.12. The highest BCUT2D eigenvalue weighted by molar-refractivity contribution is 5.94. The van der Waals surface area contributed by atoms with Crippen LogP contribution in [0, 0.1) is 0 Å². The first-order valence-electron chi connectivity index (χ1n) is 6.84. The zero-order valence-electron chi connectivity index (χ0n) is 12.2. The fraction of sp³-hybridized carbons (Fsp3) is 0.0588. The number of rotatable bonds is 3. The van der Waals surface area contributed by atoms with Crippen molar-refractivity contribution in [3.05, 3.63) is 64.5 Å². The fourth-order valence-corrected chi connectivity index (χ4v) is 2.08. The zero-order chi connectivity index (χ0) is 16.4. The van der Waals surface area contributed by atoms with Crippen LogP contribution >= 0.6 is 0 Å². The van der Waals surface area contributed by atoms with Gasteiger partial charge in [0.2, 0.25) is 5.69 Å². The summed E-state index contributed by atoms with van der Waals surface area (Å²) in [6.07, 6.45) is 0. The maximum Gasteiger partial charge on any atom is 0.368 e. The molecule has 3 aromatic rings. The number of hydrogen-bond donors (Lipinski definition) is 1. The highest BCUT2D eigenvalue weighted by Crippen LogP contribution is 2.32. The van der Waals surface area contributed by atoms with Gasteiger partial charge in [0.25, 0.3) is 0 Å². The molecule has 0 saturated heterocycles. The van der Waals surface area contributed by atoms with E-state index in [1.54, 1.807) is 48.5 Å². The molecule has 1 N–H and O–H groups in total. The molecule has 0 atom stereocenters. The van der Waals surface area contributed by atoms with Crippen LogP contribution in [0.15, 0.2) is 68.0 Å². The highest BCUT2D eigenvalue weighted by atomic mass is 16.4. The minimum atomic E-state index is -0.773. The van der Waals surface area contributed by atoms with Gasteiger partial charge < -0.3 is 9.52 Å². The summed E-state index contributed by atoms with van der Waals surface area (Å²) in [5.41, 5.74) is 0.239. The fourth-order valence-electron chi connectivity index (χ4n) is 2.08. The molecule has 6 heteroatoms. The van der Waals surface area contributed by atoms with Gasteiger partial charge in [-0.25, -0.2) is 4.79 Å². The van der Waals surface area contributed by atoms with Gasteiger partial charge in [0.05, 0.1) is 11.1 Å². The molecule has 0 aliphatic heterocycles. The number of para-hydroxylation sites is 1. The summed E-state index contributed by atoms with van der Waals surface area (Å²) in [7, 11) is 0. The first-order chi connectivity index (χ1) is 11.1. The Bertz CT molecular complexity index is 972. The summed E-state index contributed by atoms with van der Waals surface area (Å²) in [5, 5.41) is 18.2. The minimum absolute atomic E-state index is 0.0543. The Morgan fingerprint density at radius 2 is 1.74 bits per heavy atom. The Morgan fingerprint density at radius 1 is 1.04 bits per heavy atom. The smallest absolute Gasteiger partial charge is 0.368 e. The molecule has 3 rings (SSSR count). The van der Waals surface area contributed by atoms with Crippen LogP contribution in [0.5, 0.6) is 5.75 Å². The lowest BCUT2D eigenvalue weighted by atomic mass is 10.1. The third kappa shape index (κ3) is 2.87. The van der Waals surface area contributed by atoms with E-state index in [-0.39, 0.29) is 22.8 Å². The Balaban J connectivity index is 2.00. The van der Waals surface area contributed by atoms with Crippen molar-refractivity contribution >= 4 is 28.1 Å². The molecule has 2 aromatic carbocycles. The van der Waals surface area contributed by atoms with Gasteiger partial charge >= 0.3 is 5.63 Å². The standard InChI is InChI=1S/C17H12N2O4/c1-10(20)11-6-8-12(9-7-11)18-19-15-16(21)13-4-2-3-5-14(13)23-17(15)22/h2-9,21H,1H3. The van der Waals surface area contributed by atoms with Crippen LogP contribution < -0.4 is 5.63 Å². The molecule has 1 aromatic heterocycles. The van der Waals surface area contributed by atoms with Gasteiger partial charge in [0.15, 0.2) is 11.5 Å². The van der Waals surface area contributed by atoms with Gasteiger partial charge in [-0.1, -0.05) is 12.1 Å². The van der Waals surface area contributed by atoms with Crippen molar-refractivity contribution in [1.82, 2.24) is 0 Å². The van der Waals surface area contributed by atoms with Crippen molar-refractivity contribution in [3.8, 4) is 5.75 Å². The van der Waals surface area contributed by atoms with Gasteiger partial charge in [-0.3, -0.25) is 4.79 Å². The van der Waals surface area contributed by atoms with Gasteiger partial charge in [-0.05, 0) is 43.3 Å². The number of ketones is 1. The second-order valence-corrected chi connectivity index (χ2v) is 4.89. The van der Waals surface area contributed by atoms with Gasteiger partial charge in [-0.15, -0.1) is 5.11 Å². The third-order valence-electron chi connectivity index (χ3n) is 3.30. The van der Waals surface area contributed by atoms with E-state index in [9.17, 15) is 14.7 Å². The predicted molar refractivity (Wildman–Crippen MR) is 84.8 cm³/mol. The second kappa shape index (κ2) is 5.84. The number of fused-ring (bicyclic) bond motifs is 1. The first-order valence-corrected chi connectivity index (χ1v) is 6.84. The van der Waals surface area contributed by atoms with E-state index < -0.39 is 5.63 Å². The summed E-state index contributed by atoms with van der Waals surface area (Å²) in [6.45, 7) is 1.47. The Kier molecular flexibility index (Phi) is 3.72. The second-order valence-electron chi connectivity index (χ2n) is 4.89. The monoisotopic (exact) mass is 308 g/mol. The van der Waals surface area contributed by atoms with E-state index >= 15 is 0 Å². The number of carbonyl (C=O) groups excluding carboxylic acids is 1. The number of carbonyl (C=O) groups is 1. The number of azo groups is 1. The number of nitrogens with zero attached hydrogens (tertiary/aromatic N) is 2. The molecule has 0 radical (unpaired) electrons. The average molecular weight is 308 g/mol. The van der Waals surface area contributed by atoms with Crippen molar-refractivity contribution in [2.24, 2.45) is 10.2 Å². The summed E-state index contributed by atoms with van der Waals surface area (Å²) in [4.78, 5) is 23.1. The van der Waals surface area contributed by atoms with E-state index in [1.165, 1.54) is 6.92 Å². The van der Waals surface area contributed by atoms with Crippen molar-refractivity contribution in [1.29, 1.82) is 0 Å². The van der Waals surface area contributed by atoms with Crippen molar-refractivity contribution in [2.45, 2.75) is 6.92 Å². The maximum absolute atomic E-state index is 11.9. The molecule has 0 spiro atoms. The highest BCUT2D eigenvalue weighted by Gasteiger charge is 2.13. The molecule has 0 fully saturated rings. The lowest BCUT2D eigenvalue weighted by Gasteiger charge is -2.01. The van der Waals surface area contributed by atoms with Crippen LogP contribution in [0.3, 0.4) is 0 Å². The van der Waals surface area contributed by atoms with Crippen LogP contribution in [0.2, 0.25) is 0 Å². The van der Waals surface area contributed by atoms with Crippen molar-refractivity contribution in [3.63, 3.8) is 0 Å². The van der Waals surface area contributed by atoms with E-state index in [0.29, 0.717) is 16.6 Å². The summed E-state index contributed by atoms with van der Waals surface area (Å²) in [5.74, 6) is -0.331. The quantitative estimate of drug-likeness (QED) is 0.447. The SMILES string of the molecule is CC(=O)c1ccc(N=Nc2c(O)c3ccccc3oc2=O)cc1. The van der Waals surface area contributed by atoms with Gasteiger partial charge in [0.1, 0.15) is 5.58 Å². The number of Topliss-reactive ketones (excluding diaryl/α,β-unsaturated/α-hetero) is 1. The minimum Gasteiger partial charge on any atom is -0.505 e. The lowest BCUT2D eigenvalue weighted by Crippen LogP contribution is -1.98. The molecule has 0 saturated carbocycles. The molecular formula is C17H12N2O4. The molecular weight excluding hydrogens is 296 g/mol. The van der Waals surface area contributed by atoms with Crippen LogP contribution in [-0.4, -0.2) is 10.9 Å². The van der Waals surface area contributed by atoms with E-state index in [1.807, 2.05) is 0 Å². The van der Waals surface area contributed by atoms with Crippen LogP contribution in [0.1, 0.15) is 17.3 Å². The average Bonchev–Trinajstić information content (AvgIpc) is 2.55. The van der Waals surface area contributed by atoms with E-state index in [0.717, 1.165) is 0 Å². The normalized spacial score (nSPS) is 11.2. The molecule has 6 nitrogen and oxygen atoms in total. The molecule has 1 heterocycles. The van der Waals surface area contributed by atoms with Crippen molar-refractivity contribution < 1.29 is 14.3 Å². The molecule has 0 amide bonds. The molecule has 0 bridgehead atoms. The third-order valence-corrected chi connectivity index (χ3v) is 3.30.